The van der Waals surface area contributed by atoms with Crippen LogP contribution in [0.2, 0.25) is 0 Å². The Morgan fingerprint density at radius 3 is 2.69 bits per heavy atom. The monoisotopic (exact) mass is 465 g/mol. The van der Waals surface area contributed by atoms with Crippen molar-refractivity contribution in [2.75, 3.05) is 17.7 Å². The highest BCUT2D eigenvalue weighted by atomic mass is 32.2. The van der Waals surface area contributed by atoms with Crippen molar-refractivity contribution in [1.82, 2.24) is 5.32 Å². The van der Waals surface area contributed by atoms with Crippen LogP contribution in [0.1, 0.15) is 23.3 Å². The fraction of sp³-hybridized carbons (Fsp3) is 0.208. The van der Waals surface area contributed by atoms with Gasteiger partial charge in [0.15, 0.2) is 0 Å². The number of nitriles is 1. The van der Waals surface area contributed by atoms with E-state index in [1.165, 1.54) is 29.2 Å². The van der Waals surface area contributed by atoms with E-state index < -0.39 is 11.9 Å². The molecule has 0 spiro atoms. The van der Waals surface area contributed by atoms with Gasteiger partial charge in [-0.25, -0.2) is 4.79 Å². The summed E-state index contributed by atoms with van der Waals surface area (Å²) in [5.74, 6) is -1.12. The normalized spacial score (nSPS) is 15.6. The molecule has 1 aromatic heterocycles. The van der Waals surface area contributed by atoms with Gasteiger partial charge in [-0.2, -0.15) is 5.26 Å². The summed E-state index contributed by atoms with van der Waals surface area (Å²) in [6.45, 7) is 7.41. The molecule has 0 bridgehead atoms. The minimum atomic E-state index is -0.554. The maximum Gasteiger partial charge on any atom is 0.337 e. The quantitative estimate of drug-likeness (QED) is 0.428. The lowest BCUT2D eigenvalue weighted by Crippen LogP contribution is -2.29. The Labute approximate surface area is 195 Å². The first kappa shape index (κ1) is 23.4. The Bertz CT molecular complexity index is 1110. The van der Waals surface area contributed by atoms with E-state index in [1.54, 1.807) is 6.92 Å². The van der Waals surface area contributed by atoms with Crippen molar-refractivity contribution in [2.24, 2.45) is 0 Å². The van der Waals surface area contributed by atoms with Crippen LogP contribution in [-0.4, -0.2) is 24.2 Å². The molecule has 0 radical (unpaired) electrons. The first-order valence-corrected chi connectivity index (χ1v) is 11.7. The minimum Gasteiger partial charge on any atom is -0.458 e. The lowest BCUT2D eigenvalue weighted by atomic mass is 9.87. The van der Waals surface area contributed by atoms with Crippen LogP contribution < -0.4 is 10.6 Å². The third-order valence-corrected chi connectivity index (χ3v) is 6.66. The standard InChI is InChI=1S/C24H23N3O3S2/c1-4-11-30-24(29)21-16(3)26-23(18(13-25)22(21)19-6-5-12-31-19)32-14-20(28)27-17-9-7-15(2)8-10-17/h4-10,12,22,26H,1,11,14H2,2-3H3,(H,27,28)/t22-/m1/s1. The first-order chi connectivity index (χ1) is 15.4. The smallest absolute Gasteiger partial charge is 0.337 e. The topological polar surface area (TPSA) is 91.2 Å². The van der Waals surface area contributed by atoms with Gasteiger partial charge in [-0.3, -0.25) is 4.79 Å². The summed E-state index contributed by atoms with van der Waals surface area (Å²) >= 11 is 2.69. The van der Waals surface area contributed by atoms with Crippen LogP contribution in [0.25, 0.3) is 0 Å². The van der Waals surface area contributed by atoms with Gasteiger partial charge in [-0.1, -0.05) is 48.2 Å². The fourth-order valence-corrected chi connectivity index (χ4v) is 4.96. The summed E-state index contributed by atoms with van der Waals surface area (Å²) in [6, 6.07) is 13.5. The fourth-order valence-electron chi connectivity index (χ4n) is 3.22. The van der Waals surface area contributed by atoms with Gasteiger partial charge < -0.3 is 15.4 Å². The SMILES string of the molecule is C=CCOC(=O)C1=C(C)NC(SCC(=O)Nc2ccc(C)cc2)=C(C#N)[C@@H]1c1cccs1. The molecule has 6 nitrogen and oxygen atoms in total. The number of carbonyl (C=O) groups excluding carboxylic acids is 2. The van der Waals surface area contributed by atoms with Gasteiger partial charge in [0.1, 0.15) is 6.61 Å². The first-order valence-electron chi connectivity index (χ1n) is 9.87. The van der Waals surface area contributed by atoms with Crippen molar-refractivity contribution in [3.05, 3.63) is 86.7 Å². The van der Waals surface area contributed by atoms with Crippen molar-refractivity contribution in [3.63, 3.8) is 0 Å². The Kier molecular flexibility index (Phi) is 7.92. The van der Waals surface area contributed by atoms with E-state index in [-0.39, 0.29) is 18.3 Å². The van der Waals surface area contributed by atoms with Crippen LogP contribution in [-0.2, 0) is 14.3 Å². The number of dihydropyridines is 1. The van der Waals surface area contributed by atoms with Gasteiger partial charge in [0.2, 0.25) is 5.91 Å². The van der Waals surface area contributed by atoms with Crippen molar-refractivity contribution >= 4 is 40.7 Å². The average Bonchev–Trinajstić information content (AvgIpc) is 3.31. The minimum absolute atomic E-state index is 0.0825. The zero-order chi connectivity index (χ0) is 23.1. The Balaban J connectivity index is 1.83. The molecule has 1 atom stereocenters. The number of thioether (sulfide) groups is 1. The van der Waals surface area contributed by atoms with E-state index in [4.69, 9.17) is 4.74 Å². The second-order valence-electron chi connectivity index (χ2n) is 7.06. The molecule has 0 saturated carbocycles. The molecule has 32 heavy (non-hydrogen) atoms. The van der Waals surface area contributed by atoms with Gasteiger partial charge in [0, 0.05) is 16.3 Å². The number of benzene rings is 1. The molecule has 1 aliphatic heterocycles. The number of amides is 1. The number of hydrogen-bond donors (Lipinski definition) is 2. The van der Waals surface area contributed by atoms with Gasteiger partial charge >= 0.3 is 5.97 Å². The lowest BCUT2D eigenvalue weighted by Gasteiger charge is -2.28. The number of esters is 1. The maximum atomic E-state index is 12.8. The predicted octanol–water partition coefficient (Wildman–Crippen LogP) is 4.85. The molecule has 1 aromatic carbocycles. The second kappa shape index (κ2) is 10.8. The highest BCUT2D eigenvalue weighted by Gasteiger charge is 2.36. The number of ether oxygens (including phenoxy) is 1. The van der Waals surface area contributed by atoms with Crippen LogP contribution in [0, 0.1) is 18.3 Å². The third-order valence-electron chi connectivity index (χ3n) is 4.71. The summed E-state index contributed by atoms with van der Waals surface area (Å²) in [5.41, 5.74) is 3.19. The Morgan fingerprint density at radius 2 is 2.06 bits per heavy atom. The highest BCUT2D eigenvalue weighted by molar-refractivity contribution is 8.03. The summed E-state index contributed by atoms with van der Waals surface area (Å²) in [7, 11) is 0. The molecule has 2 heterocycles. The molecule has 0 unspecified atom stereocenters. The van der Waals surface area contributed by atoms with Crippen LogP contribution in [0.4, 0.5) is 5.69 Å². The van der Waals surface area contributed by atoms with Gasteiger partial charge in [0.05, 0.1) is 33.9 Å². The number of aryl methyl sites for hydroxylation is 1. The molecule has 0 fully saturated rings. The van der Waals surface area contributed by atoms with E-state index in [0.717, 1.165) is 10.4 Å². The molecule has 164 valence electrons. The Hall–Kier alpha value is -3.28. The summed E-state index contributed by atoms with van der Waals surface area (Å²) in [4.78, 5) is 26.1. The van der Waals surface area contributed by atoms with Gasteiger partial charge in [0.25, 0.3) is 0 Å². The molecule has 2 aromatic rings. The van der Waals surface area contributed by atoms with Crippen LogP contribution in [0.5, 0.6) is 0 Å². The average molecular weight is 466 g/mol. The van der Waals surface area contributed by atoms with Crippen molar-refractivity contribution in [1.29, 1.82) is 5.26 Å². The van der Waals surface area contributed by atoms with E-state index in [2.05, 4.69) is 23.3 Å². The number of hydrogen-bond acceptors (Lipinski definition) is 7. The van der Waals surface area contributed by atoms with E-state index in [1.807, 2.05) is 48.7 Å². The number of anilines is 1. The number of nitrogens with one attached hydrogen (secondary N) is 2. The number of allylic oxidation sites excluding steroid dienone is 2. The van der Waals surface area contributed by atoms with Crippen LogP contribution in [0.15, 0.2) is 76.3 Å². The number of carbonyl (C=O) groups is 2. The van der Waals surface area contributed by atoms with E-state index in [0.29, 0.717) is 27.6 Å². The van der Waals surface area contributed by atoms with Gasteiger partial charge in [-0.05, 0) is 37.4 Å². The molecular weight excluding hydrogens is 442 g/mol. The number of rotatable bonds is 8. The van der Waals surface area contributed by atoms with Crippen LogP contribution >= 0.6 is 23.1 Å². The largest absolute Gasteiger partial charge is 0.458 e. The summed E-state index contributed by atoms with van der Waals surface area (Å²) in [6.07, 6.45) is 1.50. The third kappa shape index (κ3) is 5.49. The van der Waals surface area contributed by atoms with Crippen LogP contribution in [0.3, 0.4) is 0 Å². The highest BCUT2D eigenvalue weighted by Crippen LogP contribution is 2.42. The Morgan fingerprint density at radius 1 is 1.31 bits per heavy atom. The molecule has 8 heteroatoms. The zero-order valence-corrected chi connectivity index (χ0v) is 19.4. The molecule has 3 rings (SSSR count). The predicted molar refractivity (Wildman–Crippen MR) is 129 cm³/mol. The molecule has 0 aliphatic carbocycles. The van der Waals surface area contributed by atoms with Crippen molar-refractivity contribution in [3.8, 4) is 6.07 Å². The summed E-state index contributed by atoms with van der Waals surface area (Å²) in [5, 5.41) is 18.4. The summed E-state index contributed by atoms with van der Waals surface area (Å²) < 4.78 is 5.28. The maximum absolute atomic E-state index is 12.8. The molecule has 1 aliphatic rings. The van der Waals surface area contributed by atoms with Gasteiger partial charge in [-0.15, -0.1) is 11.3 Å². The van der Waals surface area contributed by atoms with Crippen molar-refractivity contribution in [2.45, 2.75) is 19.8 Å². The molecule has 2 N–H and O–H groups in total. The lowest BCUT2D eigenvalue weighted by molar-refractivity contribution is -0.138. The number of thiophene rings is 1. The molecular formula is C24H23N3O3S2. The second-order valence-corrected chi connectivity index (χ2v) is 9.02. The van der Waals surface area contributed by atoms with E-state index in [9.17, 15) is 14.9 Å². The van der Waals surface area contributed by atoms with E-state index >= 15 is 0 Å². The molecule has 1 amide bonds. The van der Waals surface area contributed by atoms with Crippen molar-refractivity contribution < 1.29 is 14.3 Å². The number of nitrogens with zero attached hydrogens (tertiary/aromatic N) is 1. The zero-order valence-electron chi connectivity index (χ0n) is 17.8. The molecule has 0 saturated heterocycles.